The van der Waals surface area contributed by atoms with E-state index in [2.05, 4.69) is 20.5 Å². The summed E-state index contributed by atoms with van der Waals surface area (Å²) < 4.78 is 79.3. The molecule has 2 aliphatic heterocycles. The molecule has 0 fully saturated rings. The van der Waals surface area contributed by atoms with Crippen molar-refractivity contribution in [3.8, 4) is 11.5 Å². The van der Waals surface area contributed by atoms with E-state index in [1.807, 2.05) is 4.90 Å². The summed E-state index contributed by atoms with van der Waals surface area (Å²) in [6, 6.07) is 12.1. The number of halogens is 6. The van der Waals surface area contributed by atoms with Crippen molar-refractivity contribution in [2.75, 3.05) is 21.7 Å². The van der Waals surface area contributed by atoms with E-state index in [4.69, 9.17) is 16.3 Å². The number of nitrogens with one attached hydrogen (secondary N) is 1. The van der Waals surface area contributed by atoms with Gasteiger partial charge in [-0.3, -0.25) is 19.1 Å². The molecule has 2 aromatic heterocycles. The predicted molar refractivity (Wildman–Crippen MR) is 180 cm³/mol. The Bertz CT molecular complexity index is 2500. The summed E-state index contributed by atoms with van der Waals surface area (Å²) in [4.78, 5) is 48.4. The fourth-order valence-corrected chi connectivity index (χ4v) is 6.56. The number of anilines is 3. The molecule has 4 heterocycles. The van der Waals surface area contributed by atoms with Crippen LogP contribution in [0.15, 0.2) is 73.1 Å². The molecule has 12 nitrogen and oxygen atoms in total. The van der Waals surface area contributed by atoms with Crippen molar-refractivity contribution in [1.29, 1.82) is 0 Å². The summed E-state index contributed by atoms with van der Waals surface area (Å²) in [5.41, 5.74) is -1.50. The molecule has 268 valence electrons. The summed E-state index contributed by atoms with van der Waals surface area (Å²) in [6.07, 6.45) is -3.59. The number of carbonyl (C=O) groups excluding carboxylic acids is 3. The van der Waals surface area contributed by atoms with Crippen LogP contribution < -0.4 is 19.9 Å². The normalized spacial score (nSPS) is 14.2. The third kappa shape index (κ3) is 5.78. The maximum absolute atomic E-state index is 14.6. The third-order valence-corrected chi connectivity index (χ3v) is 9.13. The first-order valence-electron chi connectivity index (χ1n) is 15.7. The molecule has 0 aliphatic carbocycles. The van der Waals surface area contributed by atoms with Gasteiger partial charge in [0, 0.05) is 25.2 Å². The Morgan fingerprint density at radius 3 is 2.40 bits per heavy atom. The van der Waals surface area contributed by atoms with Gasteiger partial charge >= 0.3 is 6.18 Å². The van der Waals surface area contributed by atoms with E-state index in [0.717, 1.165) is 17.0 Å². The Kier molecular flexibility index (Phi) is 7.90. The number of rotatable bonds is 6. The smallest absolute Gasteiger partial charge is 0.416 e. The van der Waals surface area contributed by atoms with Crippen molar-refractivity contribution >= 4 is 57.4 Å². The number of benzene rings is 4. The summed E-state index contributed by atoms with van der Waals surface area (Å²) >= 11 is 6.41. The Balaban J connectivity index is 1.38. The molecule has 0 atom stereocenters. The van der Waals surface area contributed by atoms with E-state index in [-0.39, 0.29) is 62.7 Å². The average Bonchev–Trinajstić information content (AvgIpc) is 3.80. The molecule has 0 spiro atoms. The lowest BCUT2D eigenvalue weighted by atomic mass is 10.1. The van der Waals surface area contributed by atoms with Crippen LogP contribution in [-0.4, -0.2) is 48.8 Å². The molecule has 0 radical (unpaired) electrons. The van der Waals surface area contributed by atoms with Gasteiger partial charge in [-0.1, -0.05) is 23.7 Å². The van der Waals surface area contributed by atoms with Crippen LogP contribution in [0.2, 0.25) is 5.02 Å². The van der Waals surface area contributed by atoms with Crippen LogP contribution in [0.1, 0.15) is 42.5 Å². The fraction of sp³-hybridized carbons (Fsp3) is 0.143. The van der Waals surface area contributed by atoms with E-state index >= 15 is 0 Å². The summed E-state index contributed by atoms with van der Waals surface area (Å²) in [5, 5.41) is 11.2. The topological polar surface area (TPSA) is 127 Å². The highest BCUT2D eigenvalue weighted by molar-refractivity contribution is 6.36. The lowest BCUT2D eigenvalue weighted by molar-refractivity contribution is -0.137. The Hall–Kier alpha value is -6.36. The van der Waals surface area contributed by atoms with Gasteiger partial charge in [0.2, 0.25) is 0 Å². The van der Waals surface area contributed by atoms with Gasteiger partial charge in [-0.05, 0) is 48.5 Å². The molecule has 0 saturated carbocycles. The molecule has 8 rings (SSSR count). The monoisotopic (exact) mass is 748 g/mol. The lowest BCUT2D eigenvalue weighted by Crippen LogP contribution is -2.34. The third-order valence-electron chi connectivity index (χ3n) is 8.82. The molecule has 3 amide bonds. The van der Waals surface area contributed by atoms with Gasteiger partial charge in [-0.2, -0.15) is 23.4 Å². The van der Waals surface area contributed by atoms with Crippen LogP contribution in [0.3, 0.4) is 0 Å². The van der Waals surface area contributed by atoms with Crippen LogP contribution in [0.25, 0.3) is 10.9 Å². The minimum Gasteiger partial charge on any atom is -0.453 e. The quantitative estimate of drug-likeness (QED) is 0.143. The number of nitrogens with zero attached hydrogens (tertiary/aromatic N) is 7. The van der Waals surface area contributed by atoms with E-state index in [9.17, 15) is 36.3 Å². The SMILES string of the molecule is Cn1nc(N2C(=O)c3ccccc3C2=O)c2c(Oc3cc(F)ccc3Cl)c(NC(=O)c3cc(F)cc(C(F)(F)F)c3)cc(N3CCn4ncnc4C3)c21. The van der Waals surface area contributed by atoms with Crippen LogP contribution in [0.5, 0.6) is 11.5 Å². The second-order valence-corrected chi connectivity index (χ2v) is 12.5. The molecule has 4 aromatic carbocycles. The van der Waals surface area contributed by atoms with Gasteiger partial charge in [-0.15, -0.1) is 0 Å². The number of hydrogen-bond acceptors (Lipinski definition) is 8. The van der Waals surface area contributed by atoms with Crippen molar-refractivity contribution in [1.82, 2.24) is 24.5 Å². The van der Waals surface area contributed by atoms with Crippen molar-refractivity contribution in [2.45, 2.75) is 19.3 Å². The lowest BCUT2D eigenvalue weighted by Gasteiger charge is -2.30. The van der Waals surface area contributed by atoms with E-state index in [0.29, 0.717) is 36.7 Å². The number of carbonyl (C=O) groups is 3. The van der Waals surface area contributed by atoms with E-state index < -0.39 is 46.7 Å². The molecule has 0 unspecified atom stereocenters. The Labute approximate surface area is 299 Å². The Morgan fingerprint density at radius 2 is 1.68 bits per heavy atom. The van der Waals surface area contributed by atoms with Gasteiger partial charge in [-0.25, -0.2) is 23.3 Å². The highest BCUT2D eigenvalue weighted by atomic mass is 35.5. The first-order valence-corrected chi connectivity index (χ1v) is 16.1. The largest absolute Gasteiger partial charge is 0.453 e. The Morgan fingerprint density at radius 1 is 0.943 bits per heavy atom. The summed E-state index contributed by atoms with van der Waals surface area (Å²) in [6.45, 7) is 0.897. The highest BCUT2D eigenvalue weighted by Gasteiger charge is 2.41. The number of aromatic nitrogens is 5. The van der Waals surface area contributed by atoms with Crippen LogP contribution >= 0.6 is 11.6 Å². The van der Waals surface area contributed by atoms with Crippen molar-refractivity contribution in [2.24, 2.45) is 7.05 Å². The molecule has 2 aliphatic rings. The maximum atomic E-state index is 14.6. The van der Waals surface area contributed by atoms with Crippen LogP contribution in [0, 0.1) is 11.6 Å². The number of hydrogen-bond donors (Lipinski definition) is 1. The highest BCUT2D eigenvalue weighted by Crippen LogP contribution is 2.49. The van der Waals surface area contributed by atoms with Crippen molar-refractivity contribution in [3.63, 3.8) is 0 Å². The van der Waals surface area contributed by atoms with Crippen LogP contribution in [-0.2, 0) is 26.3 Å². The molecular formula is C35H22ClF5N8O4. The van der Waals surface area contributed by atoms with Gasteiger partial charge < -0.3 is 15.0 Å². The van der Waals surface area contributed by atoms with Gasteiger partial charge in [0.15, 0.2) is 11.6 Å². The second kappa shape index (κ2) is 12.4. The number of alkyl halides is 3. The molecule has 6 aromatic rings. The molecular weight excluding hydrogens is 727 g/mol. The zero-order chi connectivity index (χ0) is 37.3. The zero-order valence-corrected chi connectivity index (χ0v) is 27.8. The van der Waals surface area contributed by atoms with Crippen LogP contribution in [0.4, 0.5) is 39.1 Å². The number of fused-ring (bicyclic) bond motifs is 3. The standard InChI is InChI=1S/C35H22ClF5N8O4/c1-46-29-25(47-8-9-48-27(15-47)42-16-43-48)14-24(44-32(50)17-10-18(35(39,40)41)12-20(38)11-17)30(53-26-13-19(37)6-7-23(26)36)28(29)31(45-46)49-33(51)21-4-2-3-5-22(21)34(49)52/h2-7,10-14,16H,8-9,15H2,1H3,(H,44,50). The molecule has 18 heteroatoms. The number of amides is 3. The number of aryl methyl sites for hydroxylation is 1. The first-order chi connectivity index (χ1) is 25.3. The summed E-state index contributed by atoms with van der Waals surface area (Å²) in [7, 11) is 1.54. The first kappa shape index (κ1) is 33.8. The average molecular weight is 749 g/mol. The summed E-state index contributed by atoms with van der Waals surface area (Å²) in [5.74, 6) is -4.93. The molecule has 53 heavy (non-hydrogen) atoms. The predicted octanol–water partition coefficient (Wildman–Crippen LogP) is 6.98. The number of ether oxygens (including phenoxy) is 1. The zero-order valence-electron chi connectivity index (χ0n) is 27.1. The molecule has 0 saturated heterocycles. The minimum absolute atomic E-state index is 0.0302. The van der Waals surface area contributed by atoms with Gasteiger partial charge in [0.05, 0.1) is 57.1 Å². The van der Waals surface area contributed by atoms with Crippen molar-refractivity contribution < 1.29 is 41.1 Å². The van der Waals surface area contributed by atoms with E-state index in [1.165, 1.54) is 35.3 Å². The van der Waals surface area contributed by atoms with Gasteiger partial charge in [0.1, 0.15) is 29.5 Å². The number of imide groups is 1. The minimum atomic E-state index is -4.97. The second-order valence-electron chi connectivity index (χ2n) is 12.1. The molecule has 1 N–H and O–H groups in total. The van der Waals surface area contributed by atoms with Gasteiger partial charge in [0.25, 0.3) is 17.7 Å². The van der Waals surface area contributed by atoms with Crippen molar-refractivity contribution in [3.05, 3.63) is 118 Å². The molecule has 0 bridgehead atoms. The van der Waals surface area contributed by atoms with E-state index in [1.54, 1.807) is 23.9 Å². The maximum Gasteiger partial charge on any atom is 0.416 e. The fourth-order valence-electron chi connectivity index (χ4n) is 6.41.